The molecule has 0 spiro atoms. The van der Waals surface area contributed by atoms with Gasteiger partial charge in [0.2, 0.25) is 31.3 Å². The highest BCUT2D eigenvalue weighted by molar-refractivity contribution is 7.92. The van der Waals surface area contributed by atoms with Crippen LogP contribution in [0.1, 0.15) is 25.7 Å². The number of nitrogens with zero attached hydrogens (tertiary/aromatic N) is 14. The molecule has 0 radical (unpaired) electrons. The quantitative estimate of drug-likeness (QED) is 0.0235. The molecule has 4 aliphatic rings. The van der Waals surface area contributed by atoms with Crippen LogP contribution in [-0.2, 0) is 20.0 Å². The third kappa shape index (κ3) is 19.7. The lowest BCUT2D eigenvalue weighted by molar-refractivity contribution is 0.0389. The molecule has 0 unspecified atom stereocenters. The molecule has 0 saturated carbocycles. The Hall–Kier alpha value is -7.95. The van der Waals surface area contributed by atoms with E-state index in [1.165, 1.54) is 37.2 Å². The number of sulfonamides is 2. The minimum atomic E-state index is -3.65. The number of fused-ring (bicyclic) bond motifs is 2. The third-order valence-corrected chi connectivity index (χ3v) is 18.7. The molecule has 4 aromatic carbocycles. The number of benzene rings is 4. The van der Waals surface area contributed by atoms with Crippen molar-refractivity contribution in [2.24, 2.45) is 0 Å². The minimum Gasteiger partial charge on any atom is -0.495 e. The summed E-state index contributed by atoms with van der Waals surface area (Å²) in [5.74, 6) is 2.03. The van der Waals surface area contributed by atoms with Crippen LogP contribution in [0, 0.1) is 0 Å². The average Bonchev–Trinajstić information content (AvgIpc) is 0.833. The molecule has 97 heavy (non-hydrogen) atoms. The van der Waals surface area contributed by atoms with Gasteiger partial charge in [-0.15, -0.1) is 0 Å². The lowest BCUT2D eigenvalue weighted by atomic mass is 10.0. The Kier molecular flexibility index (Phi) is 24.1. The lowest BCUT2D eigenvalue weighted by Crippen LogP contribution is -2.53. The Bertz CT molecular complexity index is 4230. The number of nitrogens with two attached hydrogens (primary N) is 1. The van der Waals surface area contributed by atoms with Gasteiger partial charge in [-0.25, -0.2) is 44.4 Å². The fraction of sp³-hybridized carbons (Fsp3) is 0.419. The molecule has 12 rings (SSSR count). The second-order valence-corrected chi connectivity index (χ2v) is 28.0. The van der Waals surface area contributed by atoms with Crippen LogP contribution in [0.15, 0.2) is 97.8 Å². The zero-order valence-corrected chi connectivity index (χ0v) is 57.4. The van der Waals surface area contributed by atoms with Crippen molar-refractivity contribution in [3.05, 3.63) is 113 Å². The molecule has 4 aromatic heterocycles. The Morgan fingerprint density at radius 2 is 0.948 bits per heavy atom. The van der Waals surface area contributed by atoms with Crippen LogP contribution in [0.4, 0.5) is 80.6 Å². The van der Waals surface area contributed by atoms with E-state index < -0.39 is 32.9 Å². The minimum absolute atomic E-state index is 0.0000954. The van der Waals surface area contributed by atoms with E-state index in [1.807, 2.05) is 46.2 Å². The van der Waals surface area contributed by atoms with Crippen LogP contribution in [-0.4, -0.2) is 220 Å². The van der Waals surface area contributed by atoms with Crippen molar-refractivity contribution >= 4 is 140 Å². The number of ether oxygens (including phenoxy) is 2. The largest absolute Gasteiger partial charge is 0.495 e. The lowest BCUT2D eigenvalue weighted by Gasteiger charge is -2.43. The van der Waals surface area contributed by atoms with E-state index in [0.717, 1.165) is 121 Å². The number of halogens is 7. The van der Waals surface area contributed by atoms with Crippen LogP contribution < -0.4 is 50.4 Å². The number of hydrogen-bond donors (Lipinski definition) is 6. The van der Waals surface area contributed by atoms with Crippen LogP contribution in [0.25, 0.3) is 22.1 Å². The number of rotatable bonds is 20. The molecule has 8 aromatic rings. The highest BCUT2D eigenvalue weighted by atomic mass is 35.5. The van der Waals surface area contributed by atoms with E-state index in [9.17, 15) is 34.4 Å². The number of nitrogens with one attached hydrogen (secondary N) is 5. The standard InChI is InChI=1S/C31H37ClF2N10O3S.C18H28F2N4O.C13H10Cl2N6O2S/c1-47-26-17-21(43-11-7-20(8-12-43)44-15-13-42(14-16-44)19-27(33)34)3-4-23(26)39-31-37-18-22(32)30(40-31)38-25-6-5-24-28(36-10-9-35-24)29(25)41-48(2,45)46;1-25-17-12-15(2-3-16(17)21)23-6-4-14(5-7-23)24-10-8-22(9-11-24)13-18(19)20;1-24(22,23)21-11-9(3-2-8-10(11)17-5-4-16-8)19-12-7(14)6-18-13(15)20-12/h3-6,9-10,17-18,20,27,41H,7-8,11-16,19H2,1-2H3,(H2,37,38,39,40);2-3,12,14,18H,4-11,13,21H2,1H3;2-6,21H,1H3,(H,18,19,20). The number of piperidine rings is 2. The molecule has 4 fully saturated rings. The maximum atomic E-state index is 12.8. The van der Waals surface area contributed by atoms with Crippen LogP contribution >= 0.6 is 34.8 Å². The number of alkyl halides is 4. The van der Waals surface area contributed by atoms with Gasteiger partial charge in [0, 0.05) is 139 Å². The molecule has 0 atom stereocenters. The predicted molar refractivity (Wildman–Crippen MR) is 374 cm³/mol. The van der Waals surface area contributed by atoms with E-state index in [0.29, 0.717) is 75.7 Å². The molecule has 26 nitrogen and oxygen atoms in total. The normalized spacial score (nSPS) is 16.5. The fourth-order valence-corrected chi connectivity index (χ4v) is 13.6. The maximum absolute atomic E-state index is 12.8. The van der Waals surface area contributed by atoms with Crippen LogP contribution in [0.5, 0.6) is 11.5 Å². The first kappa shape index (κ1) is 71.8. The molecule has 0 bridgehead atoms. The summed E-state index contributed by atoms with van der Waals surface area (Å²) in [6.07, 6.45) is 10.5. The van der Waals surface area contributed by atoms with Gasteiger partial charge in [-0.1, -0.05) is 23.2 Å². The number of anilines is 11. The van der Waals surface area contributed by atoms with Crippen molar-refractivity contribution in [2.45, 2.75) is 50.6 Å². The Morgan fingerprint density at radius 1 is 0.526 bits per heavy atom. The summed E-state index contributed by atoms with van der Waals surface area (Å²) in [5.41, 5.74) is 12.3. The highest BCUT2D eigenvalue weighted by Crippen LogP contribution is 2.38. The summed E-state index contributed by atoms with van der Waals surface area (Å²) in [7, 11) is -3.97. The van der Waals surface area contributed by atoms with Crippen molar-refractivity contribution in [1.29, 1.82) is 0 Å². The van der Waals surface area contributed by atoms with Crippen molar-refractivity contribution in [1.82, 2.24) is 59.5 Å². The number of nitrogen functional groups attached to an aromatic ring is 1. The van der Waals surface area contributed by atoms with Gasteiger partial charge in [0.15, 0.2) is 11.6 Å². The first-order valence-electron chi connectivity index (χ1n) is 31.0. The number of methoxy groups -OCH3 is 2. The summed E-state index contributed by atoms with van der Waals surface area (Å²) in [4.78, 5) is 46.9. The van der Waals surface area contributed by atoms with Crippen molar-refractivity contribution in [3.8, 4) is 11.5 Å². The van der Waals surface area contributed by atoms with Crippen LogP contribution in [0.3, 0.4) is 0 Å². The van der Waals surface area contributed by atoms with Gasteiger partial charge in [0.05, 0.1) is 97.4 Å². The smallest absolute Gasteiger partial charge is 0.251 e. The molecule has 0 amide bonds. The zero-order valence-electron chi connectivity index (χ0n) is 53.5. The fourth-order valence-electron chi connectivity index (χ4n) is 12.0. The summed E-state index contributed by atoms with van der Waals surface area (Å²) >= 11 is 18.3. The Balaban J connectivity index is 0.000000175. The monoisotopic (exact) mass is 1440 g/mol. The third-order valence-electron chi connectivity index (χ3n) is 16.8. The molecule has 35 heteroatoms. The zero-order chi connectivity index (χ0) is 69.0. The molecule has 4 saturated heterocycles. The summed E-state index contributed by atoms with van der Waals surface area (Å²) < 4.78 is 114. The maximum Gasteiger partial charge on any atom is 0.251 e. The highest BCUT2D eigenvalue weighted by Gasteiger charge is 2.31. The second-order valence-electron chi connectivity index (χ2n) is 23.4. The van der Waals surface area contributed by atoms with Crippen LogP contribution in [0.2, 0.25) is 15.3 Å². The summed E-state index contributed by atoms with van der Waals surface area (Å²) in [6.45, 7) is 9.82. The van der Waals surface area contributed by atoms with E-state index in [4.69, 9.17) is 50.0 Å². The molecule has 8 heterocycles. The predicted octanol–water partition coefficient (Wildman–Crippen LogP) is 9.76. The van der Waals surface area contributed by atoms with Gasteiger partial charge < -0.3 is 41.0 Å². The van der Waals surface area contributed by atoms with Crippen molar-refractivity contribution < 1.29 is 43.9 Å². The van der Waals surface area contributed by atoms with Gasteiger partial charge in [-0.3, -0.25) is 49.0 Å². The van der Waals surface area contributed by atoms with Gasteiger partial charge in [0.1, 0.15) is 32.6 Å². The molecular formula is C62H75Cl3F4N20O6S2. The molecule has 7 N–H and O–H groups in total. The molecule has 0 aliphatic carbocycles. The first-order chi connectivity index (χ1) is 46.5. The number of aromatic nitrogens is 8. The molecule has 520 valence electrons. The van der Waals surface area contributed by atoms with E-state index in [1.54, 1.807) is 38.5 Å². The number of hydrogen-bond acceptors (Lipinski definition) is 24. The average molecular weight is 1440 g/mol. The summed E-state index contributed by atoms with van der Waals surface area (Å²) in [5, 5.41) is 9.68. The van der Waals surface area contributed by atoms with Gasteiger partial charge in [-0.05, 0) is 85.8 Å². The number of piperazine rings is 2. The summed E-state index contributed by atoms with van der Waals surface area (Å²) in [6, 6.07) is 19.5. The van der Waals surface area contributed by atoms with Gasteiger partial charge in [0.25, 0.3) is 12.9 Å². The van der Waals surface area contributed by atoms with E-state index >= 15 is 0 Å². The second kappa shape index (κ2) is 32.6. The molecular weight excluding hydrogens is 1370 g/mol. The Labute approximate surface area is 574 Å². The topological polar surface area (TPSA) is 295 Å². The first-order valence-corrected chi connectivity index (χ1v) is 35.9. The molecule has 4 aliphatic heterocycles. The Morgan fingerprint density at radius 3 is 1.40 bits per heavy atom. The van der Waals surface area contributed by atoms with Gasteiger partial charge in [-0.2, -0.15) is 9.97 Å². The van der Waals surface area contributed by atoms with Gasteiger partial charge >= 0.3 is 0 Å². The van der Waals surface area contributed by atoms with Crippen molar-refractivity contribution in [2.75, 3.05) is 159 Å². The van der Waals surface area contributed by atoms with E-state index in [2.05, 4.69) is 84.9 Å². The van der Waals surface area contributed by atoms with Crippen molar-refractivity contribution in [3.63, 3.8) is 0 Å². The SMILES string of the molecule is COc1cc(N2CCC(N3CCN(CC(F)F)CC3)CC2)ccc1N.COc1cc(N2CCC(N3CCN(CC(F)F)CC3)CC2)ccc1Nc1ncc(Cl)c(Nc2ccc3nccnc3c2NS(C)(=O)=O)n1.CS(=O)(=O)Nc1c(Nc2nc(Cl)ncc2Cl)ccc2nccnc12. The van der Waals surface area contributed by atoms with E-state index in [-0.39, 0.29) is 57.4 Å².